The number of nitrogens with one attached hydrogen (secondary N) is 1. The zero-order chi connectivity index (χ0) is 15.8. The van der Waals surface area contributed by atoms with E-state index < -0.39 is 0 Å². The zero-order valence-electron chi connectivity index (χ0n) is 12.6. The summed E-state index contributed by atoms with van der Waals surface area (Å²) in [5, 5.41) is 0. The monoisotopic (exact) mass is 311 g/mol. The quantitative estimate of drug-likeness (QED) is 0.925. The lowest BCUT2D eigenvalue weighted by atomic mass is 10.1. The average Bonchev–Trinajstić information content (AvgIpc) is 3.31. The second kappa shape index (κ2) is 5.57. The Bertz CT molecular complexity index is 782. The average molecular weight is 311 g/mol. The summed E-state index contributed by atoms with van der Waals surface area (Å²) in [4.78, 5) is 40.9. The van der Waals surface area contributed by atoms with Gasteiger partial charge in [0.25, 0.3) is 5.91 Å². The van der Waals surface area contributed by atoms with Gasteiger partial charge in [0, 0.05) is 36.7 Å². The highest BCUT2D eigenvalue weighted by molar-refractivity contribution is 5.94. The van der Waals surface area contributed by atoms with Crippen molar-refractivity contribution in [2.24, 2.45) is 0 Å². The van der Waals surface area contributed by atoms with Crippen molar-refractivity contribution < 1.29 is 4.79 Å². The largest absolute Gasteiger partial charge is 0.345 e. The van der Waals surface area contributed by atoms with E-state index >= 15 is 0 Å². The van der Waals surface area contributed by atoms with Crippen LogP contribution in [0.2, 0.25) is 0 Å². The number of rotatable bonds is 3. The molecule has 23 heavy (non-hydrogen) atoms. The van der Waals surface area contributed by atoms with E-state index in [1.807, 2.05) is 0 Å². The fourth-order valence-corrected chi connectivity index (χ4v) is 3.08. The topological polar surface area (TPSA) is 91.8 Å². The van der Waals surface area contributed by atoms with E-state index in [9.17, 15) is 9.59 Å². The summed E-state index contributed by atoms with van der Waals surface area (Å²) in [5.41, 5.74) is 0.836. The van der Waals surface area contributed by atoms with Crippen molar-refractivity contribution in [3.8, 4) is 0 Å². The molecule has 0 bridgehead atoms. The lowest BCUT2D eigenvalue weighted by molar-refractivity contribution is 0.0731. The van der Waals surface area contributed by atoms with E-state index in [-0.39, 0.29) is 17.6 Å². The van der Waals surface area contributed by atoms with Gasteiger partial charge in [0.15, 0.2) is 0 Å². The summed E-state index contributed by atoms with van der Waals surface area (Å²) in [6, 6.07) is 1.63. The highest BCUT2D eigenvalue weighted by atomic mass is 16.2. The lowest BCUT2D eigenvalue weighted by Gasteiger charge is -2.24. The van der Waals surface area contributed by atoms with Crippen LogP contribution < -0.4 is 5.69 Å². The first-order valence-electron chi connectivity index (χ1n) is 7.90. The maximum absolute atomic E-state index is 12.8. The molecule has 1 amide bonds. The molecule has 1 aliphatic carbocycles. The van der Waals surface area contributed by atoms with E-state index in [4.69, 9.17) is 0 Å². The number of nitrogens with zero attached hydrogens (tertiary/aromatic N) is 4. The van der Waals surface area contributed by atoms with Crippen LogP contribution in [0.4, 0.5) is 0 Å². The van der Waals surface area contributed by atoms with Crippen molar-refractivity contribution in [2.75, 3.05) is 6.54 Å². The number of carbonyl (C=O) groups is 1. The minimum atomic E-state index is -0.390. The van der Waals surface area contributed by atoms with Crippen molar-refractivity contribution in [1.29, 1.82) is 0 Å². The molecular weight excluding hydrogens is 294 g/mol. The fraction of sp³-hybridized carbons (Fsp3) is 0.438. The molecule has 2 aliphatic rings. The van der Waals surface area contributed by atoms with Gasteiger partial charge in [-0.3, -0.25) is 4.79 Å². The molecule has 0 aromatic carbocycles. The maximum atomic E-state index is 12.8. The Morgan fingerprint density at radius 1 is 1.17 bits per heavy atom. The molecule has 1 aliphatic heterocycles. The summed E-state index contributed by atoms with van der Waals surface area (Å²) in [6.07, 6.45) is 8.71. The third-order valence-corrected chi connectivity index (χ3v) is 4.43. The van der Waals surface area contributed by atoms with Gasteiger partial charge in [-0.1, -0.05) is 0 Å². The molecule has 118 valence electrons. The minimum absolute atomic E-state index is 0.0903. The predicted octanol–water partition coefficient (Wildman–Crippen LogP) is 1.41. The summed E-state index contributed by atoms with van der Waals surface area (Å²) in [6.45, 7) is 0.665. The third kappa shape index (κ3) is 2.74. The highest BCUT2D eigenvalue weighted by Gasteiger charge is 2.32. The van der Waals surface area contributed by atoms with E-state index in [0.717, 1.165) is 37.2 Å². The number of hydrogen-bond acceptors (Lipinski definition) is 5. The van der Waals surface area contributed by atoms with Crippen LogP contribution in [0.15, 0.2) is 29.5 Å². The van der Waals surface area contributed by atoms with Crippen molar-refractivity contribution in [2.45, 2.75) is 37.6 Å². The molecule has 7 nitrogen and oxygen atoms in total. The number of amides is 1. The first kappa shape index (κ1) is 14.0. The Morgan fingerprint density at radius 3 is 2.65 bits per heavy atom. The molecule has 7 heteroatoms. The normalized spacial score (nSPS) is 20.7. The summed E-state index contributed by atoms with van der Waals surface area (Å²) < 4.78 is 0. The Balaban J connectivity index is 1.57. The Hall–Kier alpha value is -2.57. The lowest BCUT2D eigenvalue weighted by Crippen LogP contribution is -2.32. The number of likely N-dealkylation sites (tertiary alicyclic amines) is 1. The molecular formula is C16H17N5O2. The van der Waals surface area contributed by atoms with Gasteiger partial charge in [-0.2, -0.15) is 0 Å². The van der Waals surface area contributed by atoms with Crippen LogP contribution >= 0.6 is 0 Å². The van der Waals surface area contributed by atoms with Gasteiger partial charge >= 0.3 is 5.69 Å². The maximum Gasteiger partial charge on any atom is 0.345 e. The van der Waals surface area contributed by atoms with Crippen LogP contribution in [0, 0.1) is 0 Å². The number of H-pyrrole nitrogens is 1. The van der Waals surface area contributed by atoms with Gasteiger partial charge in [-0.15, -0.1) is 0 Å². The first-order chi connectivity index (χ1) is 11.2. The Morgan fingerprint density at radius 2 is 1.96 bits per heavy atom. The number of aromatic nitrogens is 4. The predicted molar refractivity (Wildman–Crippen MR) is 81.9 cm³/mol. The van der Waals surface area contributed by atoms with Crippen molar-refractivity contribution in [3.63, 3.8) is 0 Å². The second-order valence-corrected chi connectivity index (χ2v) is 6.09. The summed E-state index contributed by atoms with van der Waals surface area (Å²) in [5.74, 6) is 1.21. The van der Waals surface area contributed by atoms with Crippen molar-refractivity contribution in [3.05, 3.63) is 52.2 Å². The fourth-order valence-electron chi connectivity index (χ4n) is 3.08. The van der Waals surface area contributed by atoms with Crippen LogP contribution in [0.5, 0.6) is 0 Å². The molecule has 0 spiro atoms. The molecule has 1 atom stereocenters. The number of carbonyl (C=O) groups excluding carboxylic acids is 1. The molecule has 1 unspecified atom stereocenters. The summed E-state index contributed by atoms with van der Waals surface area (Å²) in [7, 11) is 0. The molecule has 4 rings (SSSR count). The Kier molecular flexibility index (Phi) is 3.40. The first-order valence-corrected chi connectivity index (χ1v) is 7.90. The van der Waals surface area contributed by atoms with Crippen LogP contribution in [0.25, 0.3) is 0 Å². The molecule has 0 radical (unpaired) electrons. The third-order valence-electron chi connectivity index (χ3n) is 4.43. The zero-order valence-corrected chi connectivity index (χ0v) is 12.6. The van der Waals surface area contributed by atoms with Gasteiger partial charge in [0.05, 0.1) is 11.6 Å². The molecule has 1 saturated heterocycles. The van der Waals surface area contributed by atoms with Gasteiger partial charge in [0.2, 0.25) is 0 Å². The molecule has 1 saturated carbocycles. The minimum Gasteiger partial charge on any atom is -0.330 e. The smallest absolute Gasteiger partial charge is 0.330 e. The highest BCUT2D eigenvalue weighted by Crippen LogP contribution is 2.37. The SMILES string of the molecule is O=C(c1cnc(C2CC2)nc1)N1CCCC1c1ccnc(=O)[nH]1. The van der Waals surface area contributed by atoms with Crippen LogP contribution in [-0.4, -0.2) is 37.3 Å². The van der Waals surface area contributed by atoms with Crippen LogP contribution in [0.3, 0.4) is 0 Å². The van der Waals surface area contributed by atoms with Gasteiger partial charge < -0.3 is 9.88 Å². The van der Waals surface area contributed by atoms with Gasteiger partial charge in [-0.05, 0) is 31.7 Å². The standard InChI is InChI=1S/C16H17N5O2/c22-15(11-8-18-14(19-9-11)10-3-4-10)21-7-1-2-13(21)12-5-6-17-16(23)20-12/h5-6,8-10,13H,1-4,7H2,(H,17,20,23). The number of hydrogen-bond donors (Lipinski definition) is 1. The second-order valence-electron chi connectivity index (χ2n) is 6.09. The van der Waals surface area contributed by atoms with Gasteiger partial charge in [0.1, 0.15) is 5.82 Å². The molecule has 3 heterocycles. The van der Waals surface area contributed by atoms with Crippen molar-refractivity contribution in [1.82, 2.24) is 24.8 Å². The van der Waals surface area contributed by atoms with Crippen molar-refractivity contribution >= 4 is 5.91 Å². The van der Waals surface area contributed by atoms with Crippen LogP contribution in [0.1, 0.15) is 59.5 Å². The molecule has 2 aromatic rings. The molecule has 2 fully saturated rings. The van der Waals surface area contributed by atoms with E-state index in [0.29, 0.717) is 18.0 Å². The van der Waals surface area contributed by atoms with Crippen LogP contribution in [-0.2, 0) is 0 Å². The summed E-state index contributed by atoms with van der Waals surface area (Å²) >= 11 is 0. The van der Waals surface area contributed by atoms with E-state index in [1.54, 1.807) is 23.4 Å². The number of aromatic amines is 1. The van der Waals surface area contributed by atoms with E-state index in [1.165, 1.54) is 6.20 Å². The Labute approximate surface area is 132 Å². The molecule has 2 aromatic heterocycles. The van der Waals surface area contributed by atoms with Gasteiger partial charge in [-0.25, -0.2) is 19.7 Å². The molecule has 1 N–H and O–H groups in total. The van der Waals surface area contributed by atoms with E-state index in [2.05, 4.69) is 19.9 Å².